The van der Waals surface area contributed by atoms with E-state index in [9.17, 15) is 18.0 Å². The van der Waals surface area contributed by atoms with Gasteiger partial charge in [0.2, 0.25) is 21.8 Å². The fraction of sp³-hybridized carbons (Fsp3) is 0.280. The highest BCUT2D eigenvalue weighted by Crippen LogP contribution is 2.24. The average molecular weight is 500 g/mol. The van der Waals surface area contributed by atoms with Gasteiger partial charge >= 0.3 is 0 Å². The van der Waals surface area contributed by atoms with Crippen molar-refractivity contribution in [2.75, 3.05) is 18.6 Å². The minimum absolute atomic E-state index is 0.0464. The minimum atomic E-state index is -3.91. The van der Waals surface area contributed by atoms with E-state index in [-0.39, 0.29) is 17.3 Å². The lowest BCUT2D eigenvalue weighted by molar-refractivity contribution is -0.126. The van der Waals surface area contributed by atoms with Crippen LogP contribution in [0.15, 0.2) is 82.3 Å². The van der Waals surface area contributed by atoms with E-state index < -0.39 is 28.5 Å². The van der Waals surface area contributed by atoms with Crippen LogP contribution in [0.1, 0.15) is 25.5 Å². The summed E-state index contributed by atoms with van der Waals surface area (Å²) in [5, 5.41) is 2.81. The van der Waals surface area contributed by atoms with Gasteiger partial charge in [-0.3, -0.25) is 14.5 Å². The summed E-state index contributed by atoms with van der Waals surface area (Å²) in [5.74, 6) is 0.214. The summed E-state index contributed by atoms with van der Waals surface area (Å²) in [6.07, 6.45) is 2.50. The third-order valence-electron chi connectivity index (χ3n) is 5.28. The molecule has 1 unspecified atom stereocenters. The smallest absolute Gasteiger partial charge is 0.243 e. The van der Waals surface area contributed by atoms with Crippen LogP contribution in [-0.2, 0) is 26.2 Å². The lowest BCUT2D eigenvalue weighted by atomic mass is 10.1. The number of hydrogen-bond acceptors (Lipinski definition) is 6. The summed E-state index contributed by atoms with van der Waals surface area (Å²) in [7, 11) is -2.38. The van der Waals surface area contributed by atoms with Crippen molar-refractivity contribution in [3.8, 4) is 5.75 Å². The van der Waals surface area contributed by atoms with Crippen LogP contribution in [0.2, 0.25) is 0 Å². The molecule has 0 aliphatic heterocycles. The van der Waals surface area contributed by atoms with Crippen molar-refractivity contribution < 1.29 is 27.2 Å². The Kier molecular flexibility index (Phi) is 9.04. The van der Waals surface area contributed by atoms with Gasteiger partial charge in [0.25, 0.3) is 0 Å². The van der Waals surface area contributed by atoms with E-state index in [1.165, 1.54) is 30.4 Å². The zero-order valence-electron chi connectivity index (χ0n) is 19.6. The topological polar surface area (TPSA) is 118 Å². The van der Waals surface area contributed by atoms with Crippen molar-refractivity contribution in [1.29, 1.82) is 0 Å². The Bertz CT molecular complexity index is 1200. The summed E-state index contributed by atoms with van der Waals surface area (Å²) in [5.41, 5.74) is 0.446. The Balaban J connectivity index is 1.85. The van der Waals surface area contributed by atoms with Crippen LogP contribution in [0.5, 0.6) is 5.75 Å². The molecule has 1 heterocycles. The molecule has 0 fully saturated rings. The van der Waals surface area contributed by atoms with Crippen LogP contribution in [0.3, 0.4) is 0 Å². The highest BCUT2D eigenvalue weighted by atomic mass is 32.2. The standard InChI is InChI=1S/C25H29N3O6S/c1-3-8-23(25(30)26-17-21-9-7-16-34-21)28(19-12-14-20(33-2)15-13-19)24(29)18-27-35(31,32)22-10-5-4-6-11-22/h4-7,9-16,23,27H,3,8,17-18H2,1-2H3,(H,26,30). The van der Waals surface area contributed by atoms with Gasteiger partial charge < -0.3 is 14.5 Å². The van der Waals surface area contributed by atoms with Gasteiger partial charge in [0, 0.05) is 5.69 Å². The Labute approximate surface area is 205 Å². The Morgan fingerprint density at radius 1 is 1.03 bits per heavy atom. The maximum Gasteiger partial charge on any atom is 0.243 e. The van der Waals surface area contributed by atoms with Crippen molar-refractivity contribution in [3.63, 3.8) is 0 Å². The predicted octanol–water partition coefficient (Wildman–Crippen LogP) is 3.08. The number of nitrogens with one attached hydrogen (secondary N) is 2. The molecule has 1 atom stereocenters. The fourth-order valence-electron chi connectivity index (χ4n) is 3.52. The molecule has 0 radical (unpaired) electrons. The van der Waals surface area contributed by atoms with Crippen LogP contribution in [0.25, 0.3) is 0 Å². The monoisotopic (exact) mass is 499 g/mol. The summed E-state index contributed by atoms with van der Waals surface area (Å²) >= 11 is 0. The van der Waals surface area contributed by atoms with Crippen LogP contribution in [0, 0.1) is 0 Å². The number of sulfonamides is 1. The number of ether oxygens (including phenoxy) is 1. The van der Waals surface area contributed by atoms with E-state index in [4.69, 9.17) is 9.15 Å². The van der Waals surface area contributed by atoms with Crippen LogP contribution in [0.4, 0.5) is 5.69 Å². The first kappa shape index (κ1) is 26.0. The molecule has 1 aromatic heterocycles. The molecule has 0 spiro atoms. The maximum atomic E-state index is 13.4. The van der Waals surface area contributed by atoms with E-state index in [0.717, 1.165) is 0 Å². The van der Waals surface area contributed by atoms with Gasteiger partial charge in [0.1, 0.15) is 17.6 Å². The third kappa shape index (κ3) is 6.93. The van der Waals surface area contributed by atoms with Crippen molar-refractivity contribution >= 4 is 27.5 Å². The summed E-state index contributed by atoms with van der Waals surface area (Å²) in [6, 6.07) is 17.0. The van der Waals surface area contributed by atoms with E-state index >= 15 is 0 Å². The van der Waals surface area contributed by atoms with Gasteiger partial charge in [0.15, 0.2) is 0 Å². The second-order valence-electron chi connectivity index (χ2n) is 7.70. The number of carbonyl (C=O) groups excluding carboxylic acids is 2. The van der Waals surface area contributed by atoms with E-state index in [2.05, 4.69) is 10.0 Å². The number of anilines is 1. The van der Waals surface area contributed by atoms with Gasteiger partial charge in [-0.15, -0.1) is 0 Å². The van der Waals surface area contributed by atoms with E-state index in [0.29, 0.717) is 30.0 Å². The molecule has 10 heteroatoms. The summed E-state index contributed by atoms with van der Waals surface area (Å²) < 4.78 is 38.1. The molecule has 0 saturated carbocycles. The molecular weight excluding hydrogens is 470 g/mol. The normalized spacial score (nSPS) is 12.1. The molecule has 2 amide bonds. The first-order chi connectivity index (χ1) is 16.9. The van der Waals surface area contributed by atoms with Crippen LogP contribution < -0.4 is 19.7 Å². The molecule has 2 N–H and O–H groups in total. The van der Waals surface area contributed by atoms with Crippen LogP contribution >= 0.6 is 0 Å². The number of rotatable bonds is 12. The first-order valence-electron chi connectivity index (χ1n) is 11.2. The second kappa shape index (κ2) is 12.2. The Morgan fingerprint density at radius 2 is 1.74 bits per heavy atom. The minimum Gasteiger partial charge on any atom is -0.497 e. The summed E-state index contributed by atoms with van der Waals surface area (Å²) in [6.45, 7) is 1.55. The molecular formula is C25H29N3O6S. The Morgan fingerprint density at radius 3 is 2.34 bits per heavy atom. The number of hydrogen-bond donors (Lipinski definition) is 2. The predicted molar refractivity (Wildman–Crippen MR) is 131 cm³/mol. The number of carbonyl (C=O) groups is 2. The molecule has 3 rings (SSSR count). The van der Waals surface area contributed by atoms with E-state index in [1.54, 1.807) is 54.6 Å². The van der Waals surface area contributed by atoms with Gasteiger partial charge in [-0.25, -0.2) is 13.1 Å². The van der Waals surface area contributed by atoms with Gasteiger partial charge in [0.05, 0.1) is 31.4 Å². The summed E-state index contributed by atoms with van der Waals surface area (Å²) in [4.78, 5) is 28.0. The SMILES string of the molecule is CCCC(C(=O)NCc1ccco1)N(C(=O)CNS(=O)(=O)c1ccccc1)c1ccc(OC)cc1. The van der Waals surface area contributed by atoms with Crippen molar-refractivity contribution in [3.05, 3.63) is 78.8 Å². The molecule has 186 valence electrons. The molecule has 35 heavy (non-hydrogen) atoms. The molecule has 0 saturated heterocycles. The molecule has 0 bridgehead atoms. The highest BCUT2D eigenvalue weighted by molar-refractivity contribution is 7.89. The molecule has 9 nitrogen and oxygen atoms in total. The molecule has 0 aliphatic carbocycles. The lowest BCUT2D eigenvalue weighted by Gasteiger charge is -2.31. The zero-order valence-corrected chi connectivity index (χ0v) is 20.5. The number of benzene rings is 2. The van der Waals surface area contributed by atoms with Gasteiger partial charge in [-0.05, 0) is 55.0 Å². The lowest BCUT2D eigenvalue weighted by Crippen LogP contribution is -2.52. The zero-order chi connectivity index (χ0) is 25.3. The molecule has 0 aliphatic rings. The van der Waals surface area contributed by atoms with Crippen LogP contribution in [-0.4, -0.2) is 39.9 Å². The van der Waals surface area contributed by atoms with Gasteiger partial charge in [-0.1, -0.05) is 31.5 Å². The number of methoxy groups -OCH3 is 1. The second-order valence-corrected chi connectivity index (χ2v) is 9.47. The molecule has 3 aromatic rings. The van der Waals surface area contributed by atoms with Crippen molar-refractivity contribution in [1.82, 2.24) is 10.0 Å². The van der Waals surface area contributed by atoms with Gasteiger partial charge in [-0.2, -0.15) is 0 Å². The molecule has 2 aromatic carbocycles. The highest BCUT2D eigenvalue weighted by Gasteiger charge is 2.31. The quantitative estimate of drug-likeness (QED) is 0.395. The Hall–Kier alpha value is -3.63. The third-order valence-corrected chi connectivity index (χ3v) is 6.70. The largest absolute Gasteiger partial charge is 0.497 e. The number of nitrogens with zero attached hydrogens (tertiary/aromatic N) is 1. The number of amides is 2. The van der Waals surface area contributed by atoms with Crippen molar-refractivity contribution in [2.45, 2.75) is 37.2 Å². The van der Waals surface area contributed by atoms with Crippen molar-refractivity contribution in [2.24, 2.45) is 0 Å². The maximum absolute atomic E-state index is 13.4. The first-order valence-corrected chi connectivity index (χ1v) is 12.6. The number of furan rings is 1. The van der Waals surface area contributed by atoms with E-state index in [1.807, 2.05) is 6.92 Å². The fourth-order valence-corrected chi connectivity index (χ4v) is 4.52. The average Bonchev–Trinajstić information content (AvgIpc) is 3.40.